The number of aryl methyl sites for hydroxylation is 1. The predicted octanol–water partition coefficient (Wildman–Crippen LogP) is 3.85. The SMILES string of the molecule is CCn1ncc2c1-c1cnc(NC)c(c1)O[C@H](C)c1cc(F)ccc1/C(N)=C(/C=NC)C2=O. The minimum Gasteiger partial charge on any atom is -0.482 e. The summed E-state index contributed by atoms with van der Waals surface area (Å²) >= 11 is 0. The zero-order valence-corrected chi connectivity index (χ0v) is 18.9. The minimum absolute atomic E-state index is 0.183. The van der Waals surface area contributed by atoms with Crippen molar-refractivity contribution in [2.45, 2.75) is 26.5 Å². The number of nitrogens with one attached hydrogen (secondary N) is 1. The Hall–Kier alpha value is -4.01. The second kappa shape index (κ2) is 8.85. The molecule has 1 atom stereocenters. The second-order valence-corrected chi connectivity index (χ2v) is 7.58. The number of anilines is 1. The highest BCUT2D eigenvalue weighted by Crippen LogP contribution is 2.36. The fraction of sp³-hybridized carbons (Fsp3) is 0.250. The molecule has 0 aliphatic carbocycles. The minimum atomic E-state index is -0.594. The number of aliphatic imine (C=N–C) groups is 1. The summed E-state index contributed by atoms with van der Waals surface area (Å²) in [6.07, 6.45) is 4.00. The monoisotopic (exact) mass is 448 g/mol. The van der Waals surface area contributed by atoms with Crippen molar-refractivity contribution in [2.75, 3.05) is 19.4 Å². The van der Waals surface area contributed by atoms with Crippen molar-refractivity contribution < 1.29 is 13.9 Å². The molecule has 2 bridgehead atoms. The van der Waals surface area contributed by atoms with Gasteiger partial charge in [-0.3, -0.25) is 14.5 Å². The van der Waals surface area contributed by atoms with Gasteiger partial charge in [-0.2, -0.15) is 5.10 Å². The van der Waals surface area contributed by atoms with Crippen LogP contribution in [0.2, 0.25) is 0 Å². The van der Waals surface area contributed by atoms with E-state index in [1.54, 1.807) is 44.0 Å². The van der Waals surface area contributed by atoms with Gasteiger partial charge in [0, 0.05) is 49.7 Å². The van der Waals surface area contributed by atoms with Crippen LogP contribution in [0.3, 0.4) is 0 Å². The average Bonchev–Trinajstić information content (AvgIpc) is 3.25. The molecule has 0 radical (unpaired) electrons. The summed E-state index contributed by atoms with van der Waals surface area (Å²) in [5.74, 6) is 0.196. The molecule has 3 aromatic rings. The molecule has 4 rings (SSSR count). The van der Waals surface area contributed by atoms with Gasteiger partial charge in [0.1, 0.15) is 11.9 Å². The summed E-state index contributed by atoms with van der Waals surface area (Å²) in [5.41, 5.74) is 9.51. The van der Waals surface area contributed by atoms with E-state index in [9.17, 15) is 9.18 Å². The van der Waals surface area contributed by atoms with E-state index in [2.05, 4.69) is 20.4 Å². The van der Waals surface area contributed by atoms with Crippen LogP contribution in [-0.2, 0) is 6.54 Å². The Kier molecular flexibility index (Phi) is 5.95. The van der Waals surface area contributed by atoms with E-state index in [0.717, 1.165) is 0 Å². The Morgan fingerprint density at radius 1 is 1.30 bits per heavy atom. The Morgan fingerprint density at radius 3 is 2.79 bits per heavy atom. The summed E-state index contributed by atoms with van der Waals surface area (Å²) in [5, 5.41) is 7.41. The normalized spacial score (nSPS) is 18.2. The molecule has 33 heavy (non-hydrogen) atoms. The summed E-state index contributed by atoms with van der Waals surface area (Å²) in [7, 11) is 3.29. The third-order valence-electron chi connectivity index (χ3n) is 5.59. The number of halogens is 1. The van der Waals surface area contributed by atoms with Gasteiger partial charge in [-0.25, -0.2) is 9.37 Å². The van der Waals surface area contributed by atoms with E-state index in [1.807, 2.05) is 6.92 Å². The Bertz CT molecular complexity index is 1290. The standard InChI is InChI=1S/C24H25FN6O2/c1-5-31-22-14-8-20(24(28-4)29-10-14)33-13(2)17-9-15(25)6-7-16(17)21(26)18(11-27-3)23(32)19(22)12-30-31/h6-13H,5,26H2,1-4H3,(H,28,29)/b21-18+,27-11?/t13-/m1/s1. The molecule has 0 fully saturated rings. The number of carbonyl (C=O) groups excluding carboxylic acids is 1. The smallest absolute Gasteiger partial charge is 0.200 e. The Labute approximate surface area is 191 Å². The summed E-state index contributed by atoms with van der Waals surface area (Å²) in [6.45, 7) is 4.27. The van der Waals surface area contributed by atoms with Crippen molar-refractivity contribution in [3.63, 3.8) is 0 Å². The lowest BCUT2D eigenvalue weighted by molar-refractivity contribution is 0.104. The molecule has 0 saturated heterocycles. The number of ether oxygens (including phenoxy) is 1. The Balaban J connectivity index is 2.10. The fourth-order valence-corrected chi connectivity index (χ4v) is 3.99. The number of nitrogens with zero attached hydrogens (tertiary/aromatic N) is 4. The first kappa shape index (κ1) is 22.2. The predicted molar refractivity (Wildman–Crippen MR) is 126 cm³/mol. The first-order valence-corrected chi connectivity index (χ1v) is 10.6. The highest BCUT2D eigenvalue weighted by molar-refractivity contribution is 6.27. The number of allylic oxidation sites excluding steroid dienone is 1. The van der Waals surface area contributed by atoms with E-state index in [1.165, 1.54) is 24.5 Å². The average molecular weight is 449 g/mol. The molecule has 170 valence electrons. The molecule has 0 spiro atoms. The van der Waals surface area contributed by atoms with Gasteiger partial charge in [-0.1, -0.05) is 0 Å². The lowest BCUT2D eigenvalue weighted by Crippen LogP contribution is -2.17. The molecule has 0 amide bonds. The van der Waals surface area contributed by atoms with Gasteiger partial charge in [-0.05, 0) is 38.1 Å². The number of hydrogen-bond acceptors (Lipinski definition) is 7. The summed E-state index contributed by atoms with van der Waals surface area (Å²) in [4.78, 5) is 22.3. The van der Waals surface area contributed by atoms with Crippen molar-refractivity contribution >= 4 is 23.5 Å². The molecule has 9 heteroatoms. The van der Waals surface area contributed by atoms with Crippen LogP contribution in [0.15, 0.2) is 47.2 Å². The maximum Gasteiger partial charge on any atom is 0.200 e. The molecule has 0 unspecified atom stereocenters. The van der Waals surface area contributed by atoms with Crippen molar-refractivity contribution in [2.24, 2.45) is 10.7 Å². The third-order valence-corrected chi connectivity index (χ3v) is 5.59. The van der Waals surface area contributed by atoms with Crippen molar-refractivity contribution in [1.29, 1.82) is 0 Å². The van der Waals surface area contributed by atoms with Crippen LogP contribution in [0.1, 0.15) is 41.4 Å². The summed E-state index contributed by atoms with van der Waals surface area (Å²) < 4.78 is 22.2. The molecule has 1 aromatic carbocycles. The first-order chi connectivity index (χ1) is 15.9. The molecule has 3 N–H and O–H groups in total. The fourth-order valence-electron chi connectivity index (χ4n) is 3.99. The molecule has 3 heterocycles. The number of carbonyl (C=O) groups is 1. The number of rotatable bonds is 3. The van der Waals surface area contributed by atoms with Gasteiger partial charge >= 0.3 is 0 Å². The molecule has 8 nitrogen and oxygen atoms in total. The lowest BCUT2D eigenvalue weighted by Gasteiger charge is -2.22. The number of nitrogens with two attached hydrogens (primary N) is 1. The molecular formula is C24H25FN6O2. The van der Waals surface area contributed by atoms with E-state index in [-0.39, 0.29) is 17.1 Å². The maximum absolute atomic E-state index is 14.2. The molecule has 1 aliphatic rings. The quantitative estimate of drug-likeness (QED) is 0.590. The van der Waals surface area contributed by atoms with E-state index >= 15 is 0 Å². The van der Waals surface area contributed by atoms with Gasteiger partial charge in [0.15, 0.2) is 17.4 Å². The number of pyridine rings is 1. The van der Waals surface area contributed by atoms with Crippen molar-refractivity contribution in [1.82, 2.24) is 14.8 Å². The van der Waals surface area contributed by atoms with Gasteiger partial charge in [0.25, 0.3) is 0 Å². The number of hydrogen-bond donors (Lipinski definition) is 2. The van der Waals surface area contributed by atoms with Gasteiger partial charge in [0.2, 0.25) is 0 Å². The zero-order chi connectivity index (χ0) is 23.7. The number of benzene rings is 1. The molecule has 1 aliphatic heterocycles. The van der Waals surface area contributed by atoms with Crippen LogP contribution in [0.25, 0.3) is 17.0 Å². The largest absolute Gasteiger partial charge is 0.482 e. The number of Topliss-reactive ketones (excluding diaryl/α,β-unsaturated/α-hetero) is 1. The van der Waals surface area contributed by atoms with Crippen LogP contribution in [0.5, 0.6) is 5.75 Å². The zero-order valence-electron chi connectivity index (χ0n) is 18.9. The van der Waals surface area contributed by atoms with E-state index in [0.29, 0.717) is 46.1 Å². The lowest BCUT2D eigenvalue weighted by atomic mass is 9.93. The topological polar surface area (TPSA) is 107 Å². The third kappa shape index (κ3) is 3.86. The van der Waals surface area contributed by atoms with Crippen LogP contribution in [0, 0.1) is 5.82 Å². The van der Waals surface area contributed by atoms with Crippen molar-refractivity contribution in [3.05, 3.63) is 64.7 Å². The van der Waals surface area contributed by atoms with Crippen LogP contribution in [0.4, 0.5) is 10.2 Å². The molecular weight excluding hydrogens is 423 g/mol. The van der Waals surface area contributed by atoms with Crippen molar-refractivity contribution in [3.8, 4) is 17.0 Å². The molecule has 0 saturated carbocycles. The Morgan fingerprint density at radius 2 is 2.09 bits per heavy atom. The van der Waals surface area contributed by atoms with Crippen LogP contribution < -0.4 is 15.8 Å². The second-order valence-electron chi connectivity index (χ2n) is 7.58. The number of aromatic nitrogens is 3. The molecule has 2 aromatic heterocycles. The number of ketones is 1. The maximum atomic E-state index is 14.2. The highest BCUT2D eigenvalue weighted by Gasteiger charge is 2.27. The highest BCUT2D eigenvalue weighted by atomic mass is 19.1. The first-order valence-electron chi connectivity index (χ1n) is 10.6. The van der Waals surface area contributed by atoms with Gasteiger partial charge in [-0.15, -0.1) is 0 Å². The summed E-state index contributed by atoms with van der Waals surface area (Å²) in [6, 6.07) is 6.01. The van der Waals surface area contributed by atoms with E-state index in [4.69, 9.17) is 10.5 Å². The van der Waals surface area contributed by atoms with Crippen LogP contribution >= 0.6 is 0 Å². The van der Waals surface area contributed by atoms with Crippen LogP contribution in [-0.4, -0.2) is 40.9 Å². The van der Waals surface area contributed by atoms with Gasteiger partial charge < -0.3 is 15.8 Å². The van der Waals surface area contributed by atoms with Gasteiger partial charge in [0.05, 0.1) is 28.7 Å². The van der Waals surface area contributed by atoms with E-state index < -0.39 is 11.9 Å². The number of fused-ring (bicyclic) bond motifs is 5.